The molecule has 0 spiro atoms. The van der Waals surface area contributed by atoms with Gasteiger partial charge in [-0.1, -0.05) is 48.5 Å². The molecular formula is C27H27FN2. The molecule has 152 valence electrons. The first-order valence-electron chi connectivity index (χ1n) is 10.4. The maximum atomic E-state index is 14.9. The molecule has 0 radical (unpaired) electrons. The minimum absolute atomic E-state index is 0.131. The average molecular weight is 399 g/mol. The van der Waals surface area contributed by atoms with Gasteiger partial charge in [-0.2, -0.15) is 0 Å². The topological polar surface area (TPSA) is 15.6 Å². The predicted octanol–water partition coefficient (Wildman–Crippen LogP) is 7.27. The van der Waals surface area contributed by atoms with Crippen LogP contribution >= 0.6 is 0 Å². The number of benzene rings is 3. The number of allylic oxidation sites excluding steroid dienone is 1. The fourth-order valence-electron chi connectivity index (χ4n) is 4.31. The Morgan fingerprint density at radius 1 is 0.967 bits per heavy atom. The number of anilines is 1. The van der Waals surface area contributed by atoms with Crippen LogP contribution in [0.15, 0.2) is 77.8 Å². The molecule has 3 heteroatoms. The Balaban J connectivity index is 1.63. The van der Waals surface area contributed by atoms with Crippen LogP contribution in [-0.4, -0.2) is 18.3 Å². The lowest BCUT2D eigenvalue weighted by molar-refractivity contribution is 0.561. The molecule has 1 aliphatic rings. The van der Waals surface area contributed by atoms with E-state index < -0.39 is 0 Å². The predicted molar refractivity (Wildman–Crippen MR) is 126 cm³/mol. The first-order valence-corrected chi connectivity index (χ1v) is 10.4. The van der Waals surface area contributed by atoms with Gasteiger partial charge in [-0.3, -0.25) is 4.99 Å². The van der Waals surface area contributed by atoms with Gasteiger partial charge in [0.1, 0.15) is 5.82 Å². The van der Waals surface area contributed by atoms with Gasteiger partial charge in [0.05, 0.1) is 11.2 Å². The first-order chi connectivity index (χ1) is 14.4. The van der Waals surface area contributed by atoms with Crippen molar-refractivity contribution >= 4 is 23.2 Å². The number of fused-ring (bicyclic) bond motifs is 1. The highest BCUT2D eigenvalue weighted by molar-refractivity contribution is 5.89. The van der Waals surface area contributed by atoms with Crippen molar-refractivity contribution in [2.24, 2.45) is 4.99 Å². The summed E-state index contributed by atoms with van der Waals surface area (Å²) in [5.74, 6) is -0.248. The van der Waals surface area contributed by atoms with Crippen LogP contribution in [0.25, 0.3) is 16.7 Å². The zero-order valence-corrected chi connectivity index (χ0v) is 18.0. The average Bonchev–Trinajstić information content (AvgIpc) is 2.73. The molecule has 0 bridgehead atoms. The standard InChI is InChI=1S/C27H27FN2/c1-5-30-26-16-25(28)22(15-24(26)19(2)17-27(30,3)4)18-29-23-13-11-21(12-14-23)20-9-7-6-8-10-20/h6-18H,5H2,1-4H3. The summed E-state index contributed by atoms with van der Waals surface area (Å²) in [5.41, 5.74) is 6.66. The Bertz CT molecular complexity index is 1110. The SMILES string of the molecule is CCN1c2cc(F)c(C=Nc3ccc(-c4ccccc4)cc3)cc2C(C)=CC1(C)C. The Morgan fingerprint density at radius 2 is 1.63 bits per heavy atom. The quantitative estimate of drug-likeness (QED) is 0.422. The van der Waals surface area contributed by atoms with Crippen molar-refractivity contribution < 1.29 is 4.39 Å². The van der Waals surface area contributed by atoms with Gasteiger partial charge in [0, 0.05) is 29.6 Å². The van der Waals surface area contributed by atoms with Crippen molar-refractivity contribution in [2.75, 3.05) is 11.4 Å². The summed E-state index contributed by atoms with van der Waals surface area (Å²) in [6, 6.07) is 21.8. The van der Waals surface area contributed by atoms with E-state index in [0.29, 0.717) is 5.56 Å². The van der Waals surface area contributed by atoms with E-state index >= 15 is 0 Å². The molecule has 0 amide bonds. The van der Waals surface area contributed by atoms with E-state index in [1.807, 2.05) is 48.5 Å². The summed E-state index contributed by atoms with van der Waals surface area (Å²) in [6.45, 7) is 9.34. The maximum Gasteiger partial charge on any atom is 0.134 e. The summed E-state index contributed by atoms with van der Waals surface area (Å²) in [6.07, 6.45) is 3.87. The molecule has 0 unspecified atom stereocenters. The van der Waals surface area contributed by atoms with Crippen LogP contribution in [0, 0.1) is 5.82 Å². The van der Waals surface area contributed by atoms with Gasteiger partial charge in [0.15, 0.2) is 0 Å². The molecular weight excluding hydrogens is 371 g/mol. The fourth-order valence-corrected chi connectivity index (χ4v) is 4.31. The fraction of sp³-hybridized carbons (Fsp3) is 0.222. The van der Waals surface area contributed by atoms with Gasteiger partial charge >= 0.3 is 0 Å². The van der Waals surface area contributed by atoms with Gasteiger partial charge in [-0.25, -0.2) is 4.39 Å². The normalized spacial score (nSPS) is 15.2. The Kier molecular flexibility index (Phi) is 5.29. The van der Waals surface area contributed by atoms with Crippen molar-refractivity contribution in [2.45, 2.75) is 33.2 Å². The van der Waals surface area contributed by atoms with Crippen molar-refractivity contribution in [3.8, 4) is 11.1 Å². The monoisotopic (exact) mass is 398 g/mol. The molecule has 0 N–H and O–H groups in total. The van der Waals surface area contributed by atoms with Crippen molar-refractivity contribution in [3.63, 3.8) is 0 Å². The molecule has 0 aromatic heterocycles. The van der Waals surface area contributed by atoms with E-state index in [-0.39, 0.29) is 11.4 Å². The molecule has 30 heavy (non-hydrogen) atoms. The van der Waals surface area contributed by atoms with Crippen LogP contribution in [0.5, 0.6) is 0 Å². The molecule has 0 fully saturated rings. The van der Waals surface area contributed by atoms with Crippen LogP contribution in [0.1, 0.15) is 38.8 Å². The number of aliphatic imine (C=N–C) groups is 1. The van der Waals surface area contributed by atoms with Gasteiger partial charge in [0.2, 0.25) is 0 Å². The van der Waals surface area contributed by atoms with Crippen molar-refractivity contribution in [1.82, 2.24) is 0 Å². The Morgan fingerprint density at radius 3 is 2.30 bits per heavy atom. The third-order valence-electron chi connectivity index (χ3n) is 5.74. The van der Waals surface area contributed by atoms with Gasteiger partial charge in [-0.05, 0) is 68.7 Å². The van der Waals surface area contributed by atoms with Gasteiger partial charge in [0.25, 0.3) is 0 Å². The second-order valence-electron chi connectivity index (χ2n) is 8.29. The molecule has 1 aliphatic heterocycles. The van der Waals surface area contributed by atoms with E-state index in [9.17, 15) is 4.39 Å². The molecule has 0 saturated carbocycles. The number of nitrogens with zero attached hydrogens (tertiary/aromatic N) is 2. The van der Waals surface area contributed by atoms with Crippen LogP contribution < -0.4 is 4.90 Å². The number of halogens is 1. The lowest BCUT2D eigenvalue weighted by atomic mass is 9.88. The number of hydrogen-bond acceptors (Lipinski definition) is 2. The smallest absolute Gasteiger partial charge is 0.134 e. The molecule has 3 aromatic carbocycles. The van der Waals surface area contributed by atoms with E-state index in [4.69, 9.17) is 0 Å². The zero-order valence-electron chi connectivity index (χ0n) is 18.0. The molecule has 1 heterocycles. The van der Waals surface area contributed by atoms with E-state index in [0.717, 1.165) is 29.0 Å². The van der Waals surface area contributed by atoms with Crippen LogP contribution in [0.3, 0.4) is 0 Å². The summed E-state index contributed by atoms with van der Waals surface area (Å²) < 4.78 is 14.9. The van der Waals surface area contributed by atoms with Gasteiger partial charge < -0.3 is 4.90 Å². The van der Waals surface area contributed by atoms with Crippen LogP contribution in [-0.2, 0) is 0 Å². The van der Waals surface area contributed by atoms with Crippen LogP contribution in [0.4, 0.5) is 15.8 Å². The summed E-state index contributed by atoms with van der Waals surface area (Å²) in [7, 11) is 0. The van der Waals surface area contributed by atoms with Gasteiger partial charge in [-0.15, -0.1) is 0 Å². The van der Waals surface area contributed by atoms with E-state index in [1.54, 1.807) is 12.3 Å². The minimum Gasteiger partial charge on any atom is -0.363 e. The highest BCUT2D eigenvalue weighted by atomic mass is 19.1. The van der Waals surface area contributed by atoms with E-state index in [2.05, 4.69) is 55.8 Å². The summed E-state index contributed by atoms with van der Waals surface area (Å²) in [4.78, 5) is 6.75. The highest BCUT2D eigenvalue weighted by Gasteiger charge is 2.30. The largest absolute Gasteiger partial charge is 0.363 e. The molecule has 0 aliphatic carbocycles. The maximum absolute atomic E-state index is 14.9. The second-order valence-corrected chi connectivity index (χ2v) is 8.29. The summed E-state index contributed by atoms with van der Waals surface area (Å²) in [5, 5.41) is 0. The Hall–Kier alpha value is -3.20. The Labute approximate surface area is 178 Å². The summed E-state index contributed by atoms with van der Waals surface area (Å²) >= 11 is 0. The molecule has 0 atom stereocenters. The third kappa shape index (κ3) is 3.80. The number of likely N-dealkylation sites (N-methyl/N-ethyl adjacent to an activating group) is 1. The van der Waals surface area contributed by atoms with E-state index in [1.165, 1.54) is 11.1 Å². The van der Waals surface area contributed by atoms with Crippen LogP contribution in [0.2, 0.25) is 0 Å². The molecule has 4 rings (SSSR count). The number of hydrogen-bond donors (Lipinski definition) is 0. The highest BCUT2D eigenvalue weighted by Crippen LogP contribution is 2.39. The van der Waals surface area contributed by atoms with Crippen molar-refractivity contribution in [3.05, 3.63) is 89.8 Å². The lowest BCUT2D eigenvalue weighted by Crippen LogP contribution is -2.45. The first kappa shape index (κ1) is 20.1. The second kappa shape index (κ2) is 7.91. The molecule has 2 nitrogen and oxygen atoms in total. The van der Waals surface area contributed by atoms with Crippen molar-refractivity contribution in [1.29, 1.82) is 0 Å². The minimum atomic E-state index is -0.248. The third-order valence-corrected chi connectivity index (χ3v) is 5.74. The zero-order chi connectivity index (χ0) is 21.3. The molecule has 3 aromatic rings. The number of rotatable bonds is 4. The lowest BCUT2D eigenvalue weighted by Gasteiger charge is -2.42. The molecule has 0 saturated heterocycles.